The lowest BCUT2D eigenvalue weighted by atomic mass is 9.93. The van der Waals surface area contributed by atoms with Gasteiger partial charge in [0, 0.05) is 10.9 Å². The van der Waals surface area contributed by atoms with Gasteiger partial charge >= 0.3 is 47.7 Å². The Balaban J connectivity index is 2.56. The van der Waals surface area contributed by atoms with Crippen molar-refractivity contribution in [3.05, 3.63) is 41.0 Å². The van der Waals surface area contributed by atoms with E-state index >= 15 is 0 Å². The van der Waals surface area contributed by atoms with Gasteiger partial charge in [-0.05, 0) is 24.6 Å². The fourth-order valence-electron chi connectivity index (χ4n) is 2.79. The minimum atomic E-state index is -8.18. The van der Waals surface area contributed by atoms with Crippen LogP contribution in [0.4, 0.5) is 66.5 Å². The lowest BCUT2D eigenvalue weighted by molar-refractivity contribution is -0.435. The molecule has 1 amide bonds. The van der Waals surface area contributed by atoms with Crippen LogP contribution in [0.25, 0.3) is 11.1 Å². The van der Waals surface area contributed by atoms with Crippen molar-refractivity contribution < 1.29 is 75.8 Å². The van der Waals surface area contributed by atoms with E-state index in [2.05, 4.69) is 4.74 Å². The second-order valence-corrected chi connectivity index (χ2v) is 8.28. The number of amides is 1. The van der Waals surface area contributed by atoms with Crippen LogP contribution in [0.2, 0.25) is 0 Å². The summed E-state index contributed by atoms with van der Waals surface area (Å²) in [7, 11) is 0. The van der Waals surface area contributed by atoms with Crippen LogP contribution in [0.15, 0.2) is 29.6 Å². The highest BCUT2D eigenvalue weighted by atomic mass is 32.1. The molecule has 0 aliphatic heterocycles. The minimum Gasteiger partial charge on any atom is -0.462 e. The third-order valence-corrected chi connectivity index (χ3v) is 5.77. The fraction of sp³-hybridized carbons (Fsp3) is 0.400. The topological polar surface area (TPSA) is 55.4 Å². The summed E-state index contributed by atoms with van der Waals surface area (Å²) >= 11 is 0.0960. The highest BCUT2D eigenvalue weighted by Crippen LogP contribution is 2.60. The molecule has 2 aromatic rings. The number of carbonyl (C=O) groups excluding carboxylic acids is 2. The van der Waals surface area contributed by atoms with Crippen molar-refractivity contribution in [2.24, 2.45) is 0 Å². The molecule has 19 heteroatoms. The first-order valence-electron chi connectivity index (χ1n) is 9.80. The number of anilines is 1. The van der Waals surface area contributed by atoms with Crippen LogP contribution in [0.5, 0.6) is 0 Å². The van der Waals surface area contributed by atoms with E-state index in [1.165, 1.54) is 6.92 Å². The van der Waals surface area contributed by atoms with E-state index in [1.54, 1.807) is 0 Å². The second kappa shape index (κ2) is 10.1. The van der Waals surface area contributed by atoms with Crippen molar-refractivity contribution in [2.75, 3.05) is 11.9 Å². The SMILES string of the molecule is CCOC(=O)c1c(-c2ccc(F)cc2)csc1NC(=O)C(F)(F)C(F)(F)C(F)(F)C(F)(F)C(F)(F)C(F)(F)F. The maximum Gasteiger partial charge on any atom is 0.460 e. The van der Waals surface area contributed by atoms with Gasteiger partial charge in [-0.2, -0.15) is 57.1 Å². The summed E-state index contributed by atoms with van der Waals surface area (Å²) in [6, 6.07) is 3.71. The molecule has 0 unspecified atom stereocenters. The van der Waals surface area contributed by atoms with Gasteiger partial charge in [0.25, 0.3) is 0 Å². The molecular weight excluding hydrogens is 600 g/mol. The molecule has 0 saturated heterocycles. The van der Waals surface area contributed by atoms with Gasteiger partial charge in [-0.1, -0.05) is 12.1 Å². The third kappa shape index (κ3) is 5.11. The normalized spacial score (nSPS) is 13.8. The predicted molar refractivity (Wildman–Crippen MR) is 105 cm³/mol. The third-order valence-electron chi connectivity index (χ3n) is 4.87. The maximum absolute atomic E-state index is 14.2. The Hall–Kier alpha value is -3.12. The van der Waals surface area contributed by atoms with E-state index in [1.807, 2.05) is 0 Å². The van der Waals surface area contributed by atoms with Crippen LogP contribution in [-0.2, 0) is 9.53 Å². The Morgan fingerprint density at radius 2 is 1.28 bits per heavy atom. The summed E-state index contributed by atoms with van der Waals surface area (Å²) in [6.45, 7) is 0.821. The van der Waals surface area contributed by atoms with E-state index in [9.17, 15) is 71.1 Å². The molecule has 0 bridgehead atoms. The minimum absolute atomic E-state index is 0.0613. The van der Waals surface area contributed by atoms with E-state index < -0.39 is 70.7 Å². The molecule has 0 fully saturated rings. The van der Waals surface area contributed by atoms with Crippen molar-refractivity contribution in [2.45, 2.75) is 42.7 Å². The van der Waals surface area contributed by atoms with Gasteiger partial charge in [-0.3, -0.25) is 4.79 Å². The number of nitrogens with one attached hydrogen (secondary N) is 1. The Labute approximate surface area is 211 Å². The van der Waals surface area contributed by atoms with E-state index in [4.69, 9.17) is 0 Å². The molecule has 39 heavy (non-hydrogen) atoms. The quantitative estimate of drug-likeness (QED) is 0.238. The van der Waals surface area contributed by atoms with Crippen molar-refractivity contribution >= 4 is 28.2 Å². The average Bonchev–Trinajstić information content (AvgIpc) is 3.21. The van der Waals surface area contributed by atoms with E-state index in [-0.39, 0.29) is 22.5 Å². The molecule has 1 aromatic heterocycles. The van der Waals surface area contributed by atoms with Crippen LogP contribution in [0.3, 0.4) is 0 Å². The van der Waals surface area contributed by atoms with Crippen LogP contribution < -0.4 is 5.32 Å². The molecule has 4 nitrogen and oxygen atoms in total. The summed E-state index contributed by atoms with van der Waals surface area (Å²) in [5, 5.41) is 0.629. The molecule has 218 valence electrons. The number of rotatable bonds is 9. The molecule has 0 atom stereocenters. The number of thiophene rings is 1. The number of carbonyl (C=O) groups is 2. The van der Waals surface area contributed by atoms with E-state index in [0.29, 0.717) is 0 Å². The zero-order chi connectivity index (χ0) is 30.4. The first-order chi connectivity index (χ1) is 17.5. The molecule has 0 aliphatic rings. The number of esters is 1. The molecule has 1 N–H and O–H groups in total. The van der Waals surface area contributed by atoms with Crippen LogP contribution in [0.1, 0.15) is 17.3 Å². The van der Waals surface area contributed by atoms with Crippen molar-refractivity contribution in [1.82, 2.24) is 0 Å². The predicted octanol–water partition coefficient (Wildman–Crippen LogP) is 7.41. The summed E-state index contributed by atoms with van der Waals surface area (Å²) in [5.74, 6) is -45.1. The highest BCUT2D eigenvalue weighted by molar-refractivity contribution is 7.15. The number of alkyl halides is 13. The van der Waals surface area contributed by atoms with E-state index in [0.717, 1.165) is 35.0 Å². The molecule has 1 aromatic carbocycles. The Morgan fingerprint density at radius 3 is 1.74 bits per heavy atom. The van der Waals surface area contributed by atoms with Crippen LogP contribution >= 0.6 is 11.3 Å². The smallest absolute Gasteiger partial charge is 0.460 e. The van der Waals surface area contributed by atoms with Gasteiger partial charge in [0.1, 0.15) is 16.4 Å². The standard InChI is InChI=1S/C20H11F14NO3S/c1-2-38-13(36)11-10(8-3-5-9(21)6-4-8)7-39-12(11)35-14(37)15(22,23)16(24,25)17(26,27)18(28,29)19(30,31)20(32,33)34/h3-7H,2H2,1H3,(H,35,37). The summed E-state index contributed by atoms with van der Waals surface area (Å²) in [5.41, 5.74) is -1.26. The fourth-order valence-corrected chi connectivity index (χ4v) is 3.74. The van der Waals surface area contributed by atoms with Gasteiger partial charge < -0.3 is 10.1 Å². The number of ether oxygens (including phenoxy) is 1. The highest BCUT2D eigenvalue weighted by Gasteiger charge is 2.91. The van der Waals surface area contributed by atoms with Gasteiger partial charge in [-0.25, -0.2) is 9.18 Å². The molecular formula is C20H11F14NO3S. The Morgan fingerprint density at radius 1 is 0.795 bits per heavy atom. The summed E-state index contributed by atoms with van der Waals surface area (Å²) in [6.07, 6.45) is -7.60. The Bertz CT molecular complexity index is 1220. The summed E-state index contributed by atoms with van der Waals surface area (Å²) in [4.78, 5) is 24.2. The molecule has 0 spiro atoms. The first-order valence-corrected chi connectivity index (χ1v) is 10.7. The molecule has 0 aliphatic carbocycles. The van der Waals surface area contributed by atoms with Crippen LogP contribution in [0, 0.1) is 5.82 Å². The summed E-state index contributed by atoms with van der Waals surface area (Å²) < 4.78 is 191. The van der Waals surface area contributed by atoms with Gasteiger partial charge in [0.15, 0.2) is 0 Å². The average molecular weight is 611 g/mol. The molecule has 0 saturated carbocycles. The molecule has 1 heterocycles. The van der Waals surface area contributed by atoms with Crippen molar-refractivity contribution in [1.29, 1.82) is 0 Å². The number of hydrogen-bond donors (Lipinski definition) is 1. The zero-order valence-corrected chi connectivity index (χ0v) is 19.3. The second-order valence-electron chi connectivity index (χ2n) is 7.40. The lowest BCUT2D eigenvalue weighted by Crippen LogP contribution is -2.71. The number of halogens is 14. The van der Waals surface area contributed by atoms with Gasteiger partial charge in [0.2, 0.25) is 0 Å². The number of benzene rings is 1. The maximum atomic E-state index is 14.2. The molecule has 2 rings (SSSR count). The first kappa shape index (κ1) is 32.1. The van der Waals surface area contributed by atoms with Gasteiger partial charge in [-0.15, -0.1) is 11.3 Å². The zero-order valence-electron chi connectivity index (χ0n) is 18.5. The van der Waals surface area contributed by atoms with Crippen LogP contribution in [-0.4, -0.2) is 54.3 Å². The monoisotopic (exact) mass is 611 g/mol. The van der Waals surface area contributed by atoms with Gasteiger partial charge in [0.05, 0.1) is 6.61 Å². The lowest BCUT2D eigenvalue weighted by Gasteiger charge is -2.39. The van der Waals surface area contributed by atoms with Crippen molar-refractivity contribution in [3.8, 4) is 11.1 Å². The molecule has 0 radical (unpaired) electrons. The Kier molecular flexibility index (Phi) is 8.33. The van der Waals surface area contributed by atoms with Crippen molar-refractivity contribution in [3.63, 3.8) is 0 Å². The number of hydrogen-bond acceptors (Lipinski definition) is 4. The largest absolute Gasteiger partial charge is 0.462 e.